The van der Waals surface area contributed by atoms with E-state index in [-0.39, 0.29) is 0 Å². The van der Waals surface area contributed by atoms with Crippen molar-refractivity contribution < 1.29 is 4.74 Å². The van der Waals surface area contributed by atoms with Crippen LogP contribution in [0, 0.1) is 0 Å². The quantitative estimate of drug-likeness (QED) is 0.693. The first-order valence-electron chi connectivity index (χ1n) is 5.47. The topological polar surface area (TPSA) is 35.0 Å². The number of halogens is 1. The smallest absolute Gasteiger partial charge is 0.321 e. The Balaban J connectivity index is 2.10. The molecular weight excluding hydrogens is 248 g/mol. The second-order valence-electron chi connectivity index (χ2n) is 3.72. The maximum absolute atomic E-state index is 6.15. The normalized spacial score (nSPS) is 10.5. The molecule has 18 heavy (non-hydrogen) atoms. The van der Waals surface area contributed by atoms with Gasteiger partial charge >= 0.3 is 6.01 Å². The number of fused-ring (bicyclic) bond motifs is 1. The van der Waals surface area contributed by atoms with Crippen molar-refractivity contribution in [3.05, 3.63) is 59.9 Å². The van der Waals surface area contributed by atoms with E-state index in [9.17, 15) is 0 Å². The number of nitrogens with zero attached hydrogens (tertiary/aromatic N) is 2. The Labute approximate surface area is 109 Å². The summed E-state index contributed by atoms with van der Waals surface area (Å²) in [6, 6.07) is 13.5. The van der Waals surface area contributed by atoms with Gasteiger partial charge < -0.3 is 4.74 Å². The molecular formula is C14H9ClN2O. The first-order valence-corrected chi connectivity index (χ1v) is 5.84. The number of aromatic nitrogens is 2. The molecule has 88 valence electrons. The molecule has 0 aliphatic rings. The van der Waals surface area contributed by atoms with E-state index >= 15 is 0 Å². The van der Waals surface area contributed by atoms with Gasteiger partial charge in [-0.15, -0.1) is 0 Å². The van der Waals surface area contributed by atoms with E-state index in [0.29, 0.717) is 16.8 Å². The summed E-state index contributed by atoms with van der Waals surface area (Å²) in [6.45, 7) is 0. The molecule has 0 radical (unpaired) electrons. The minimum absolute atomic E-state index is 0.324. The molecule has 0 atom stereocenters. The maximum atomic E-state index is 6.15. The summed E-state index contributed by atoms with van der Waals surface area (Å²) in [5.41, 5.74) is 0. The fourth-order valence-electron chi connectivity index (χ4n) is 1.76. The van der Waals surface area contributed by atoms with Gasteiger partial charge in [0.05, 0.1) is 0 Å². The Morgan fingerprint density at radius 2 is 1.56 bits per heavy atom. The zero-order valence-corrected chi connectivity index (χ0v) is 10.1. The van der Waals surface area contributed by atoms with E-state index in [1.54, 1.807) is 18.5 Å². The average molecular weight is 257 g/mol. The number of benzene rings is 2. The molecule has 0 bridgehead atoms. The van der Waals surface area contributed by atoms with Crippen LogP contribution in [0.25, 0.3) is 10.8 Å². The molecule has 4 heteroatoms. The van der Waals surface area contributed by atoms with Crippen LogP contribution < -0.4 is 4.74 Å². The molecule has 3 rings (SSSR count). The molecule has 1 heterocycles. The highest BCUT2D eigenvalue weighted by Gasteiger charge is 2.07. The SMILES string of the molecule is Clc1ccc(Oc2ncccn2)c2ccccc12. The van der Waals surface area contributed by atoms with Gasteiger partial charge in [-0.05, 0) is 18.2 Å². The van der Waals surface area contributed by atoms with Gasteiger partial charge in [-0.3, -0.25) is 0 Å². The Morgan fingerprint density at radius 3 is 2.33 bits per heavy atom. The second-order valence-corrected chi connectivity index (χ2v) is 4.13. The largest absolute Gasteiger partial charge is 0.424 e. The van der Waals surface area contributed by atoms with Gasteiger partial charge in [-0.25, -0.2) is 9.97 Å². The molecule has 0 N–H and O–H groups in total. The number of rotatable bonds is 2. The van der Waals surface area contributed by atoms with Gasteiger partial charge in [0.2, 0.25) is 0 Å². The number of hydrogen-bond acceptors (Lipinski definition) is 3. The highest BCUT2D eigenvalue weighted by Crippen LogP contribution is 2.32. The summed E-state index contributed by atoms with van der Waals surface area (Å²) in [5, 5.41) is 2.59. The molecule has 0 saturated heterocycles. The molecule has 0 spiro atoms. The van der Waals surface area contributed by atoms with Crippen LogP contribution in [0.3, 0.4) is 0 Å². The zero-order chi connectivity index (χ0) is 12.4. The molecule has 0 aliphatic heterocycles. The van der Waals surface area contributed by atoms with Crippen molar-refractivity contribution in [2.75, 3.05) is 0 Å². The maximum Gasteiger partial charge on any atom is 0.321 e. The van der Waals surface area contributed by atoms with Gasteiger partial charge in [0.1, 0.15) is 5.75 Å². The van der Waals surface area contributed by atoms with Crippen LogP contribution in [0.4, 0.5) is 0 Å². The van der Waals surface area contributed by atoms with E-state index < -0.39 is 0 Å². The Hall–Kier alpha value is -2.13. The lowest BCUT2D eigenvalue weighted by Crippen LogP contribution is -1.91. The third-order valence-corrected chi connectivity index (χ3v) is 2.90. The van der Waals surface area contributed by atoms with Crippen LogP contribution in [0.1, 0.15) is 0 Å². The molecule has 0 fully saturated rings. The predicted molar refractivity (Wildman–Crippen MR) is 71.1 cm³/mol. The van der Waals surface area contributed by atoms with Crippen LogP contribution in [-0.2, 0) is 0 Å². The summed E-state index contributed by atoms with van der Waals surface area (Å²) in [4.78, 5) is 8.07. The number of ether oxygens (including phenoxy) is 1. The first kappa shape index (κ1) is 11.0. The van der Waals surface area contributed by atoms with E-state index in [1.165, 1.54) is 0 Å². The lowest BCUT2D eigenvalue weighted by Gasteiger charge is -2.08. The summed E-state index contributed by atoms with van der Waals surface area (Å²) >= 11 is 6.15. The van der Waals surface area contributed by atoms with Gasteiger partial charge in [0, 0.05) is 28.2 Å². The molecule has 0 aliphatic carbocycles. The first-order chi connectivity index (χ1) is 8.84. The second kappa shape index (κ2) is 4.63. The summed E-state index contributed by atoms with van der Waals surface area (Å²) in [5.74, 6) is 0.696. The Bertz CT molecular complexity index is 686. The predicted octanol–water partition coefficient (Wildman–Crippen LogP) is 4.08. The summed E-state index contributed by atoms with van der Waals surface area (Å²) in [6.07, 6.45) is 3.28. The Morgan fingerprint density at radius 1 is 0.833 bits per heavy atom. The van der Waals surface area contributed by atoms with Crippen molar-refractivity contribution in [1.82, 2.24) is 9.97 Å². The van der Waals surface area contributed by atoms with E-state index in [0.717, 1.165) is 10.8 Å². The monoisotopic (exact) mass is 256 g/mol. The van der Waals surface area contributed by atoms with Crippen molar-refractivity contribution in [1.29, 1.82) is 0 Å². The van der Waals surface area contributed by atoms with Crippen molar-refractivity contribution in [2.45, 2.75) is 0 Å². The van der Waals surface area contributed by atoms with E-state index in [2.05, 4.69) is 9.97 Å². The number of hydrogen-bond donors (Lipinski definition) is 0. The minimum Gasteiger partial charge on any atom is -0.424 e. The van der Waals surface area contributed by atoms with Crippen LogP contribution in [0.2, 0.25) is 5.02 Å². The lowest BCUT2D eigenvalue weighted by molar-refractivity contribution is 0.446. The van der Waals surface area contributed by atoms with Crippen molar-refractivity contribution in [3.8, 4) is 11.8 Å². The fraction of sp³-hybridized carbons (Fsp3) is 0. The zero-order valence-electron chi connectivity index (χ0n) is 9.38. The van der Waals surface area contributed by atoms with Crippen LogP contribution in [0.5, 0.6) is 11.8 Å². The van der Waals surface area contributed by atoms with Crippen molar-refractivity contribution in [2.24, 2.45) is 0 Å². The van der Waals surface area contributed by atoms with Gasteiger partial charge in [0.25, 0.3) is 0 Å². The molecule has 0 unspecified atom stereocenters. The van der Waals surface area contributed by atoms with Crippen LogP contribution in [-0.4, -0.2) is 9.97 Å². The van der Waals surface area contributed by atoms with E-state index in [4.69, 9.17) is 16.3 Å². The third-order valence-electron chi connectivity index (χ3n) is 2.57. The van der Waals surface area contributed by atoms with E-state index in [1.807, 2.05) is 36.4 Å². The van der Waals surface area contributed by atoms with Crippen LogP contribution >= 0.6 is 11.6 Å². The molecule has 2 aromatic carbocycles. The molecule has 3 aromatic rings. The van der Waals surface area contributed by atoms with Gasteiger partial charge in [-0.2, -0.15) is 0 Å². The standard InChI is InChI=1S/C14H9ClN2O/c15-12-6-7-13(11-5-2-1-4-10(11)12)18-14-16-8-3-9-17-14/h1-9H. The van der Waals surface area contributed by atoms with Crippen LogP contribution in [0.15, 0.2) is 54.9 Å². The fourth-order valence-corrected chi connectivity index (χ4v) is 1.99. The van der Waals surface area contributed by atoms with Gasteiger partial charge in [-0.1, -0.05) is 35.9 Å². The lowest BCUT2D eigenvalue weighted by atomic mass is 10.1. The third kappa shape index (κ3) is 2.00. The highest BCUT2D eigenvalue weighted by atomic mass is 35.5. The average Bonchev–Trinajstić information content (AvgIpc) is 2.44. The Kier molecular flexibility index (Phi) is 2.82. The molecule has 1 aromatic heterocycles. The molecule has 3 nitrogen and oxygen atoms in total. The highest BCUT2D eigenvalue weighted by molar-refractivity contribution is 6.35. The molecule has 0 amide bonds. The molecule has 0 saturated carbocycles. The van der Waals surface area contributed by atoms with Crippen molar-refractivity contribution in [3.63, 3.8) is 0 Å². The van der Waals surface area contributed by atoms with Gasteiger partial charge in [0.15, 0.2) is 0 Å². The summed E-state index contributed by atoms with van der Waals surface area (Å²) in [7, 11) is 0. The summed E-state index contributed by atoms with van der Waals surface area (Å²) < 4.78 is 5.67. The van der Waals surface area contributed by atoms with Crippen molar-refractivity contribution >= 4 is 22.4 Å². The minimum atomic E-state index is 0.324.